The number of hydrogen-bond donors (Lipinski definition) is 2. The molecule has 0 aliphatic heterocycles. The van der Waals surface area contributed by atoms with Gasteiger partial charge in [-0.15, -0.1) is 0 Å². The van der Waals surface area contributed by atoms with Crippen LogP contribution in [0.5, 0.6) is 5.75 Å². The fourth-order valence-corrected chi connectivity index (χ4v) is 3.04. The maximum Gasteiger partial charge on any atom is 0.228 e. The Morgan fingerprint density at radius 2 is 2.00 bits per heavy atom. The van der Waals surface area contributed by atoms with Crippen molar-refractivity contribution in [3.05, 3.63) is 59.9 Å². The molecule has 1 heterocycles. The number of carbonyl (C=O) groups excluding carboxylic acids is 1. The molecule has 1 amide bonds. The number of amides is 1. The molecule has 3 aromatic rings. The van der Waals surface area contributed by atoms with Crippen LogP contribution in [0.25, 0.3) is 11.4 Å². The van der Waals surface area contributed by atoms with E-state index in [1.54, 1.807) is 0 Å². The Morgan fingerprint density at radius 3 is 2.71 bits per heavy atom. The highest BCUT2D eigenvalue weighted by molar-refractivity contribution is 5.92. The van der Waals surface area contributed by atoms with E-state index in [0.29, 0.717) is 18.2 Å². The summed E-state index contributed by atoms with van der Waals surface area (Å²) in [5.74, 6) is 2.92. The Morgan fingerprint density at radius 1 is 1.21 bits per heavy atom. The van der Waals surface area contributed by atoms with Crippen LogP contribution in [0.15, 0.2) is 48.5 Å². The second-order valence-electron chi connectivity index (χ2n) is 7.43. The first-order valence-corrected chi connectivity index (χ1v) is 9.65. The summed E-state index contributed by atoms with van der Waals surface area (Å²) in [6.45, 7) is 3.96. The van der Waals surface area contributed by atoms with Crippen molar-refractivity contribution in [3.63, 3.8) is 0 Å². The minimum Gasteiger partial charge on any atom is -0.491 e. The number of rotatable bonds is 7. The number of nitrogens with zero attached hydrogens (tertiary/aromatic N) is 2. The molecule has 0 radical (unpaired) electrons. The topological polar surface area (TPSA) is 79.9 Å². The highest BCUT2D eigenvalue weighted by Gasteiger charge is 2.27. The van der Waals surface area contributed by atoms with E-state index in [2.05, 4.69) is 20.5 Å². The Balaban J connectivity index is 1.36. The van der Waals surface area contributed by atoms with E-state index in [0.717, 1.165) is 28.4 Å². The fraction of sp³-hybridized carbons (Fsp3) is 0.318. The molecule has 28 heavy (non-hydrogen) atoms. The molecule has 1 saturated carbocycles. The third kappa shape index (κ3) is 4.57. The third-order valence-corrected chi connectivity index (χ3v) is 4.53. The number of benzene rings is 2. The first-order valence-electron chi connectivity index (χ1n) is 9.65. The van der Waals surface area contributed by atoms with Crippen LogP contribution in [-0.4, -0.2) is 27.2 Å². The number of anilines is 1. The van der Waals surface area contributed by atoms with E-state index in [-0.39, 0.29) is 12.0 Å². The summed E-state index contributed by atoms with van der Waals surface area (Å²) in [4.78, 5) is 16.9. The van der Waals surface area contributed by atoms with Crippen LogP contribution in [0.1, 0.15) is 44.0 Å². The van der Waals surface area contributed by atoms with Crippen molar-refractivity contribution >= 4 is 11.6 Å². The molecular formula is C22H24N4O2. The molecule has 6 heteroatoms. The van der Waals surface area contributed by atoms with Crippen molar-refractivity contribution in [1.29, 1.82) is 0 Å². The number of nitrogens with one attached hydrogen (secondary N) is 2. The van der Waals surface area contributed by atoms with Gasteiger partial charge in [-0.25, -0.2) is 4.98 Å². The van der Waals surface area contributed by atoms with E-state index in [1.165, 1.54) is 12.8 Å². The van der Waals surface area contributed by atoms with Gasteiger partial charge in [0.25, 0.3) is 0 Å². The van der Waals surface area contributed by atoms with E-state index in [4.69, 9.17) is 4.74 Å². The zero-order valence-electron chi connectivity index (χ0n) is 16.1. The molecule has 4 rings (SSSR count). The summed E-state index contributed by atoms with van der Waals surface area (Å²) in [7, 11) is 0. The van der Waals surface area contributed by atoms with Crippen molar-refractivity contribution < 1.29 is 9.53 Å². The molecule has 2 N–H and O–H groups in total. The van der Waals surface area contributed by atoms with Gasteiger partial charge in [0.1, 0.15) is 11.6 Å². The zero-order chi connectivity index (χ0) is 19.5. The quantitative estimate of drug-likeness (QED) is 0.644. The van der Waals surface area contributed by atoms with Crippen molar-refractivity contribution in [2.75, 3.05) is 5.32 Å². The molecule has 1 aromatic heterocycles. The zero-order valence-corrected chi connectivity index (χ0v) is 16.1. The number of ether oxygens (including phenoxy) is 1. The van der Waals surface area contributed by atoms with Gasteiger partial charge in [-0.05, 0) is 68.7 Å². The largest absolute Gasteiger partial charge is 0.491 e. The van der Waals surface area contributed by atoms with Crippen LogP contribution in [0, 0.1) is 0 Å². The summed E-state index contributed by atoms with van der Waals surface area (Å²) in [5.41, 5.74) is 2.60. The standard InChI is InChI=1S/C22H24N4O2/c1-14(2)28-19-5-3-4-15(12-19)13-20(27)23-18-10-8-17(9-11-18)22-24-21(25-26-22)16-6-7-16/h3-5,8-12,14,16H,6-7,13H2,1-2H3,(H,23,27)(H,24,25,26). The molecule has 144 valence electrons. The van der Waals surface area contributed by atoms with Gasteiger partial charge in [0.05, 0.1) is 12.5 Å². The number of hydrogen-bond acceptors (Lipinski definition) is 4. The predicted octanol–water partition coefficient (Wildman–Crippen LogP) is 4.32. The van der Waals surface area contributed by atoms with Gasteiger partial charge in [0.15, 0.2) is 5.82 Å². The summed E-state index contributed by atoms with van der Waals surface area (Å²) in [6, 6.07) is 15.2. The molecule has 1 fully saturated rings. The molecule has 0 atom stereocenters. The minimum absolute atomic E-state index is 0.0663. The molecule has 1 aliphatic carbocycles. The molecule has 0 spiro atoms. The van der Waals surface area contributed by atoms with Crippen LogP contribution in [-0.2, 0) is 11.2 Å². The van der Waals surface area contributed by atoms with E-state index < -0.39 is 0 Å². The lowest BCUT2D eigenvalue weighted by Gasteiger charge is -2.11. The van der Waals surface area contributed by atoms with Crippen LogP contribution in [0.3, 0.4) is 0 Å². The molecular weight excluding hydrogens is 352 g/mol. The summed E-state index contributed by atoms with van der Waals surface area (Å²) < 4.78 is 5.68. The molecule has 0 unspecified atom stereocenters. The van der Waals surface area contributed by atoms with E-state index in [1.807, 2.05) is 62.4 Å². The third-order valence-electron chi connectivity index (χ3n) is 4.53. The van der Waals surface area contributed by atoms with Gasteiger partial charge >= 0.3 is 0 Å². The first kappa shape index (κ1) is 18.2. The molecule has 2 aromatic carbocycles. The summed E-state index contributed by atoms with van der Waals surface area (Å²) >= 11 is 0. The summed E-state index contributed by atoms with van der Waals surface area (Å²) in [6.07, 6.45) is 2.77. The first-order chi connectivity index (χ1) is 13.6. The van der Waals surface area contributed by atoms with Crippen LogP contribution >= 0.6 is 0 Å². The van der Waals surface area contributed by atoms with Gasteiger partial charge in [-0.1, -0.05) is 12.1 Å². The fourth-order valence-electron chi connectivity index (χ4n) is 3.04. The van der Waals surface area contributed by atoms with Crippen LogP contribution < -0.4 is 10.1 Å². The minimum atomic E-state index is -0.0663. The van der Waals surface area contributed by atoms with Gasteiger partial charge < -0.3 is 10.1 Å². The van der Waals surface area contributed by atoms with Gasteiger partial charge in [0.2, 0.25) is 5.91 Å². The Kier molecular flexibility index (Phi) is 5.10. The number of aromatic amines is 1. The average molecular weight is 376 g/mol. The van der Waals surface area contributed by atoms with Gasteiger partial charge in [-0.2, -0.15) is 5.10 Å². The maximum atomic E-state index is 12.4. The Hall–Kier alpha value is -3.15. The Bertz CT molecular complexity index is 959. The smallest absolute Gasteiger partial charge is 0.228 e. The van der Waals surface area contributed by atoms with Crippen molar-refractivity contribution in [3.8, 4) is 17.1 Å². The van der Waals surface area contributed by atoms with E-state index >= 15 is 0 Å². The van der Waals surface area contributed by atoms with Gasteiger partial charge in [0, 0.05) is 17.2 Å². The van der Waals surface area contributed by atoms with Crippen molar-refractivity contribution in [2.24, 2.45) is 0 Å². The van der Waals surface area contributed by atoms with Crippen molar-refractivity contribution in [1.82, 2.24) is 15.2 Å². The van der Waals surface area contributed by atoms with Crippen molar-refractivity contribution in [2.45, 2.75) is 45.1 Å². The van der Waals surface area contributed by atoms with Crippen LogP contribution in [0.4, 0.5) is 5.69 Å². The second-order valence-corrected chi connectivity index (χ2v) is 7.43. The Labute approximate surface area is 164 Å². The highest BCUT2D eigenvalue weighted by Crippen LogP contribution is 2.38. The van der Waals surface area contributed by atoms with Gasteiger partial charge in [-0.3, -0.25) is 9.89 Å². The van der Waals surface area contributed by atoms with Crippen LogP contribution in [0.2, 0.25) is 0 Å². The monoisotopic (exact) mass is 376 g/mol. The lowest BCUT2D eigenvalue weighted by atomic mass is 10.1. The summed E-state index contributed by atoms with van der Waals surface area (Å²) in [5, 5.41) is 10.2. The molecule has 1 aliphatic rings. The SMILES string of the molecule is CC(C)Oc1cccc(CC(=O)Nc2ccc(-c3n[nH]c(C4CC4)n3)cc2)c1. The van der Waals surface area contributed by atoms with E-state index in [9.17, 15) is 4.79 Å². The number of aromatic nitrogens is 3. The second kappa shape index (κ2) is 7.84. The predicted molar refractivity (Wildman–Crippen MR) is 108 cm³/mol. The normalized spacial score (nSPS) is 13.5. The number of carbonyl (C=O) groups is 1. The maximum absolute atomic E-state index is 12.4. The molecule has 6 nitrogen and oxygen atoms in total. The average Bonchev–Trinajstić information content (AvgIpc) is 3.39. The molecule has 0 bridgehead atoms. The lowest BCUT2D eigenvalue weighted by molar-refractivity contribution is -0.115. The number of H-pyrrole nitrogens is 1. The highest BCUT2D eigenvalue weighted by atomic mass is 16.5. The molecule has 0 saturated heterocycles. The lowest BCUT2D eigenvalue weighted by Crippen LogP contribution is -2.14.